The highest BCUT2D eigenvalue weighted by molar-refractivity contribution is 5.20. The molecule has 1 unspecified atom stereocenters. The van der Waals surface area contributed by atoms with Crippen molar-refractivity contribution in [3.63, 3.8) is 0 Å². The molecule has 2 fully saturated rings. The first-order valence-corrected chi connectivity index (χ1v) is 7.57. The molecular formula is C16H24N2O2. The lowest BCUT2D eigenvalue weighted by molar-refractivity contribution is -0.0873. The van der Waals surface area contributed by atoms with Gasteiger partial charge >= 0.3 is 0 Å². The van der Waals surface area contributed by atoms with Crippen molar-refractivity contribution in [2.75, 3.05) is 39.4 Å². The van der Waals surface area contributed by atoms with Crippen LogP contribution in [-0.4, -0.2) is 55.0 Å². The van der Waals surface area contributed by atoms with Gasteiger partial charge in [-0.15, -0.1) is 0 Å². The summed E-state index contributed by atoms with van der Waals surface area (Å²) >= 11 is 0. The summed E-state index contributed by atoms with van der Waals surface area (Å²) in [5.41, 5.74) is 0.748. The molecule has 1 aromatic rings. The highest BCUT2D eigenvalue weighted by atomic mass is 16.5. The molecule has 4 nitrogen and oxygen atoms in total. The number of hydrogen-bond donors (Lipinski definition) is 2. The van der Waals surface area contributed by atoms with E-state index >= 15 is 0 Å². The number of rotatable bonds is 3. The van der Waals surface area contributed by atoms with Crippen LogP contribution in [0.25, 0.3) is 0 Å². The van der Waals surface area contributed by atoms with E-state index in [4.69, 9.17) is 4.74 Å². The number of ether oxygens (including phenoxy) is 1. The molecule has 4 heteroatoms. The number of hydrogen-bond acceptors (Lipinski definition) is 4. The topological polar surface area (TPSA) is 44.7 Å². The van der Waals surface area contributed by atoms with Gasteiger partial charge in [0, 0.05) is 58.3 Å². The molecule has 2 saturated heterocycles. The quantitative estimate of drug-likeness (QED) is 0.870. The van der Waals surface area contributed by atoms with E-state index in [1.807, 2.05) is 0 Å². The summed E-state index contributed by atoms with van der Waals surface area (Å²) in [6, 6.07) is 10.9. The van der Waals surface area contributed by atoms with E-state index < -0.39 is 5.60 Å². The van der Waals surface area contributed by atoms with Crippen molar-refractivity contribution in [3.05, 3.63) is 35.9 Å². The summed E-state index contributed by atoms with van der Waals surface area (Å²) in [6.45, 7) is 5.05. The van der Waals surface area contributed by atoms with Gasteiger partial charge < -0.3 is 15.2 Å². The number of benzene rings is 1. The molecule has 20 heavy (non-hydrogen) atoms. The van der Waals surface area contributed by atoms with Gasteiger partial charge in [0.05, 0.1) is 5.60 Å². The number of nitrogens with one attached hydrogen (secondary N) is 1. The summed E-state index contributed by atoms with van der Waals surface area (Å²) in [4.78, 5) is 2.43. The van der Waals surface area contributed by atoms with Crippen LogP contribution in [0.3, 0.4) is 0 Å². The normalized spacial score (nSPS) is 27.4. The van der Waals surface area contributed by atoms with Gasteiger partial charge in [0.15, 0.2) is 0 Å². The van der Waals surface area contributed by atoms with Crippen molar-refractivity contribution in [2.24, 2.45) is 0 Å². The van der Waals surface area contributed by atoms with Crippen LogP contribution >= 0.6 is 0 Å². The van der Waals surface area contributed by atoms with E-state index in [0.29, 0.717) is 19.3 Å². The SMILES string of the molecule is OC1(CN2CCNCC2c2ccccc2)CCOCC1. The van der Waals surface area contributed by atoms with Crippen LogP contribution in [0.4, 0.5) is 0 Å². The van der Waals surface area contributed by atoms with Crippen molar-refractivity contribution >= 4 is 0 Å². The molecule has 0 bridgehead atoms. The maximum absolute atomic E-state index is 10.7. The van der Waals surface area contributed by atoms with Crippen LogP contribution in [0.5, 0.6) is 0 Å². The average Bonchev–Trinajstić information content (AvgIpc) is 2.49. The zero-order valence-electron chi connectivity index (χ0n) is 11.9. The molecule has 110 valence electrons. The van der Waals surface area contributed by atoms with Gasteiger partial charge in [-0.1, -0.05) is 30.3 Å². The van der Waals surface area contributed by atoms with E-state index in [1.165, 1.54) is 5.56 Å². The molecule has 0 aliphatic carbocycles. The van der Waals surface area contributed by atoms with E-state index in [2.05, 4.69) is 40.5 Å². The van der Waals surface area contributed by atoms with Gasteiger partial charge in [0.1, 0.15) is 0 Å². The van der Waals surface area contributed by atoms with Gasteiger partial charge in [-0.3, -0.25) is 4.90 Å². The summed E-state index contributed by atoms with van der Waals surface area (Å²) in [5.74, 6) is 0. The molecule has 2 aliphatic heterocycles. The maximum Gasteiger partial charge on any atom is 0.0818 e. The molecule has 2 N–H and O–H groups in total. The van der Waals surface area contributed by atoms with Crippen LogP contribution in [0.15, 0.2) is 30.3 Å². The number of piperazine rings is 1. The van der Waals surface area contributed by atoms with Crippen LogP contribution < -0.4 is 5.32 Å². The molecule has 3 rings (SSSR count). The number of aliphatic hydroxyl groups is 1. The molecule has 2 aliphatic rings. The first-order chi connectivity index (χ1) is 9.77. The Balaban J connectivity index is 1.72. The second-order valence-electron chi connectivity index (χ2n) is 5.94. The van der Waals surface area contributed by atoms with Crippen molar-refractivity contribution in [1.82, 2.24) is 10.2 Å². The number of nitrogens with zero attached hydrogens (tertiary/aromatic N) is 1. The van der Waals surface area contributed by atoms with Gasteiger partial charge in [0.25, 0.3) is 0 Å². The summed E-state index contributed by atoms with van der Waals surface area (Å²) in [7, 11) is 0. The van der Waals surface area contributed by atoms with E-state index in [1.54, 1.807) is 0 Å². The first kappa shape index (κ1) is 14.0. The second-order valence-corrected chi connectivity index (χ2v) is 5.94. The lowest BCUT2D eigenvalue weighted by Crippen LogP contribution is -2.53. The van der Waals surface area contributed by atoms with Crippen molar-refractivity contribution in [2.45, 2.75) is 24.5 Å². The van der Waals surface area contributed by atoms with Crippen molar-refractivity contribution < 1.29 is 9.84 Å². The van der Waals surface area contributed by atoms with E-state index in [0.717, 1.165) is 39.0 Å². The Morgan fingerprint density at radius 3 is 2.75 bits per heavy atom. The Morgan fingerprint density at radius 1 is 1.25 bits per heavy atom. The fourth-order valence-electron chi connectivity index (χ4n) is 3.23. The lowest BCUT2D eigenvalue weighted by Gasteiger charge is -2.42. The zero-order chi connectivity index (χ0) is 13.8. The third kappa shape index (κ3) is 3.20. The smallest absolute Gasteiger partial charge is 0.0818 e. The minimum Gasteiger partial charge on any atom is -0.388 e. The molecule has 1 aromatic carbocycles. The standard InChI is InChI=1S/C16H24N2O2/c19-16(6-10-20-11-7-16)13-18-9-8-17-12-15(18)14-4-2-1-3-5-14/h1-5,15,17,19H,6-13H2. The summed E-state index contributed by atoms with van der Waals surface area (Å²) in [6.07, 6.45) is 1.50. The number of β-amino-alcohol motifs (C(OH)–C–C–N with tert-alkyl or cyclic N) is 1. The fraction of sp³-hybridized carbons (Fsp3) is 0.625. The monoisotopic (exact) mass is 276 g/mol. The Labute approximate surface area is 120 Å². The van der Waals surface area contributed by atoms with Gasteiger partial charge in [0.2, 0.25) is 0 Å². The average molecular weight is 276 g/mol. The first-order valence-electron chi connectivity index (χ1n) is 7.57. The maximum atomic E-state index is 10.7. The molecule has 1 atom stereocenters. The summed E-state index contributed by atoms with van der Waals surface area (Å²) in [5, 5.41) is 14.2. The Morgan fingerprint density at radius 2 is 2.00 bits per heavy atom. The van der Waals surface area contributed by atoms with Crippen LogP contribution in [0.2, 0.25) is 0 Å². The highest BCUT2D eigenvalue weighted by Crippen LogP contribution is 2.28. The highest BCUT2D eigenvalue weighted by Gasteiger charge is 2.35. The largest absolute Gasteiger partial charge is 0.388 e. The fourth-order valence-corrected chi connectivity index (χ4v) is 3.23. The minimum absolute atomic E-state index is 0.358. The van der Waals surface area contributed by atoms with Gasteiger partial charge in [-0.05, 0) is 5.56 Å². The third-order valence-corrected chi connectivity index (χ3v) is 4.46. The van der Waals surface area contributed by atoms with Crippen LogP contribution in [0.1, 0.15) is 24.4 Å². The predicted octanol–water partition coefficient (Wildman–Crippen LogP) is 1.17. The Bertz CT molecular complexity index is 418. The Kier molecular flexibility index (Phi) is 4.36. The van der Waals surface area contributed by atoms with Crippen molar-refractivity contribution in [3.8, 4) is 0 Å². The molecule has 2 heterocycles. The molecule has 0 amide bonds. The van der Waals surface area contributed by atoms with Gasteiger partial charge in [-0.25, -0.2) is 0 Å². The molecule has 0 spiro atoms. The second kappa shape index (κ2) is 6.22. The molecule has 0 aromatic heterocycles. The predicted molar refractivity (Wildman–Crippen MR) is 78.6 cm³/mol. The molecule has 0 saturated carbocycles. The summed E-state index contributed by atoms with van der Waals surface area (Å²) < 4.78 is 5.37. The van der Waals surface area contributed by atoms with Gasteiger partial charge in [-0.2, -0.15) is 0 Å². The Hall–Kier alpha value is -0.940. The van der Waals surface area contributed by atoms with E-state index in [9.17, 15) is 5.11 Å². The zero-order valence-corrected chi connectivity index (χ0v) is 11.9. The van der Waals surface area contributed by atoms with E-state index in [-0.39, 0.29) is 0 Å². The third-order valence-electron chi connectivity index (χ3n) is 4.46. The minimum atomic E-state index is -0.581. The molecular weight excluding hydrogens is 252 g/mol. The van der Waals surface area contributed by atoms with Crippen LogP contribution in [-0.2, 0) is 4.74 Å². The lowest BCUT2D eigenvalue weighted by atomic mass is 9.92. The van der Waals surface area contributed by atoms with Crippen LogP contribution in [0, 0.1) is 0 Å². The van der Waals surface area contributed by atoms with Crippen molar-refractivity contribution in [1.29, 1.82) is 0 Å². The molecule has 0 radical (unpaired) electrons.